The predicted octanol–water partition coefficient (Wildman–Crippen LogP) is 4.53. The number of methoxy groups -OCH3 is 2. The van der Waals surface area contributed by atoms with Gasteiger partial charge < -0.3 is 54.7 Å². The molecule has 14 nitrogen and oxygen atoms in total. The molecular weight excluding hydrogens is 666 g/mol. The number of aliphatic hydroxyl groups is 1. The van der Waals surface area contributed by atoms with E-state index < -0.39 is 17.9 Å². The van der Waals surface area contributed by atoms with Crippen molar-refractivity contribution in [3.8, 4) is 28.7 Å². The molecule has 5 heterocycles. The van der Waals surface area contributed by atoms with Crippen LogP contribution in [0.1, 0.15) is 42.6 Å². The largest absolute Gasteiger partial charge is 0.506 e. The Labute approximate surface area is 287 Å². The summed E-state index contributed by atoms with van der Waals surface area (Å²) in [5.41, 5.74) is 3.81. The highest BCUT2D eigenvalue weighted by atomic mass is 32.2. The number of carbonyl (C=O) groups is 3. The highest BCUT2D eigenvalue weighted by molar-refractivity contribution is 8.13. The number of aromatic hydroxyl groups is 3. The van der Waals surface area contributed by atoms with Crippen molar-refractivity contribution in [3.05, 3.63) is 64.6 Å². The molecule has 0 spiro atoms. The Hall–Kier alpha value is -5.80. The van der Waals surface area contributed by atoms with Gasteiger partial charge in [0.05, 0.1) is 55.0 Å². The fraction of sp³-hybridized carbons (Fsp3) is 0.229. The van der Waals surface area contributed by atoms with Crippen LogP contribution in [0.25, 0.3) is 32.7 Å². The lowest BCUT2D eigenvalue weighted by Crippen LogP contribution is -2.42. The number of H-pyrrole nitrogens is 3. The fourth-order valence-corrected chi connectivity index (χ4v) is 7.61. The maximum atomic E-state index is 14.1. The number of anilines is 2. The molecule has 7 N–H and O–H groups in total. The number of aromatic amines is 3. The maximum absolute atomic E-state index is 14.1. The van der Waals surface area contributed by atoms with Crippen LogP contribution in [0.2, 0.25) is 0 Å². The summed E-state index contributed by atoms with van der Waals surface area (Å²) < 4.78 is 10.7. The number of phenolic OH excluding ortho intramolecular Hbond substituents is 3. The zero-order chi connectivity index (χ0) is 35.2. The van der Waals surface area contributed by atoms with Gasteiger partial charge in [0.25, 0.3) is 11.8 Å². The highest BCUT2D eigenvalue weighted by Gasteiger charge is 2.36. The van der Waals surface area contributed by atoms with Gasteiger partial charge in [-0.2, -0.15) is 0 Å². The van der Waals surface area contributed by atoms with Crippen molar-refractivity contribution in [1.29, 1.82) is 0 Å². The van der Waals surface area contributed by atoms with Gasteiger partial charge >= 0.3 is 0 Å². The number of aliphatic hydroxyl groups excluding tert-OH is 1. The van der Waals surface area contributed by atoms with E-state index in [1.165, 1.54) is 36.2 Å². The Bertz CT molecular complexity index is 2440. The summed E-state index contributed by atoms with van der Waals surface area (Å²) in [6.07, 6.45) is 1.30. The number of carbonyl (C=O) groups excluding carboxylic acids is 3. The molecule has 3 aromatic carbocycles. The number of thioether (sulfide) groups is 1. The second-order valence-corrected chi connectivity index (χ2v) is 13.1. The first-order chi connectivity index (χ1) is 24.0. The van der Waals surface area contributed by atoms with E-state index in [0.29, 0.717) is 56.1 Å². The molecule has 1 atom stereocenters. The molecule has 0 aliphatic carbocycles. The van der Waals surface area contributed by atoms with Gasteiger partial charge in [-0.25, -0.2) is 0 Å². The lowest BCUT2D eigenvalue weighted by Gasteiger charge is -2.32. The molecule has 0 unspecified atom stereocenters. The van der Waals surface area contributed by atoms with Crippen LogP contribution >= 0.6 is 11.8 Å². The average Bonchev–Trinajstić information content (AvgIpc) is 3.91. The van der Waals surface area contributed by atoms with Crippen LogP contribution in [0, 0.1) is 0 Å². The number of nitrogens with one attached hydrogen (secondary N) is 3. The van der Waals surface area contributed by atoms with Gasteiger partial charge in [-0.15, -0.1) is 0 Å². The van der Waals surface area contributed by atoms with Crippen LogP contribution in [0.15, 0.2) is 36.4 Å². The SMILES string of the molecule is COc1cc2[nH]c(C(=O)N3C[C@@H](O)Cc4c3cc(O)c3[nH]c(C(=O)N5CCc6c5c(O)c(OC)c5[nH]c(C(=O)SC)cc65)cc43)cc2cc1O. The molecule has 2 aliphatic rings. The minimum atomic E-state index is -0.941. The normalized spacial score (nSPS) is 15.6. The molecule has 0 saturated heterocycles. The second kappa shape index (κ2) is 11.4. The lowest BCUT2D eigenvalue weighted by atomic mass is 9.95. The van der Waals surface area contributed by atoms with Crippen molar-refractivity contribution in [2.45, 2.75) is 18.9 Å². The van der Waals surface area contributed by atoms with Crippen LogP contribution < -0.4 is 19.3 Å². The van der Waals surface area contributed by atoms with Gasteiger partial charge in [-0.3, -0.25) is 14.4 Å². The molecule has 256 valence electrons. The Morgan fingerprint density at radius 3 is 2.26 bits per heavy atom. The van der Waals surface area contributed by atoms with Crippen LogP contribution in [0.5, 0.6) is 28.7 Å². The number of fused-ring (bicyclic) bond motifs is 7. The monoisotopic (exact) mass is 697 g/mol. The molecule has 0 fully saturated rings. The van der Waals surface area contributed by atoms with Crippen LogP contribution in [-0.2, 0) is 12.8 Å². The highest BCUT2D eigenvalue weighted by Crippen LogP contribution is 2.50. The zero-order valence-electron chi connectivity index (χ0n) is 27.0. The summed E-state index contributed by atoms with van der Waals surface area (Å²) in [5.74, 6) is -1.14. The number of benzene rings is 3. The number of phenols is 3. The van der Waals surface area contributed by atoms with Crippen molar-refractivity contribution in [2.24, 2.45) is 0 Å². The lowest BCUT2D eigenvalue weighted by molar-refractivity contribution is 0.0949. The van der Waals surface area contributed by atoms with Crippen molar-refractivity contribution in [2.75, 3.05) is 43.4 Å². The first-order valence-corrected chi connectivity index (χ1v) is 16.9. The van der Waals surface area contributed by atoms with E-state index in [-0.39, 0.29) is 76.0 Å². The number of β-amino-alcohol motifs (C(OH)–C–C–N with tert-alkyl or cyclic N) is 1. The van der Waals surface area contributed by atoms with Crippen molar-refractivity contribution in [1.82, 2.24) is 15.0 Å². The van der Waals surface area contributed by atoms with Gasteiger partial charge in [0.2, 0.25) is 5.12 Å². The van der Waals surface area contributed by atoms with Gasteiger partial charge in [0.15, 0.2) is 23.0 Å². The Kier molecular flexibility index (Phi) is 7.17. The number of nitrogens with zero attached hydrogens (tertiary/aromatic N) is 2. The quantitative estimate of drug-likeness (QED) is 0.134. The topological polar surface area (TPSA) is 204 Å². The Balaban J connectivity index is 1.18. The van der Waals surface area contributed by atoms with Crippen molar-refractivity contribution >= 4 is 72.8 Å². The molecule has 50 heavy (non-hydrogen) atoms. The molecule has 3 aromatic heterocycles. The van der Waals surface area contributed by atoms with E-state index in [1.807, 2.05) is 0 Å². The molecule has 0 radical (unpaired) electrons. The summed E-state index contributed by atoms with van der Waals surface area (Å²) >= 11 is 1.05. The molecular formula is C35H31N5O9S. The Morgan fingerprint density at radius 2 is 1.52 bits per heavy atom. The summed E-state index contributed by atoms with van der Waals surface area (Å²) in [6.45, 7) is 0.191. The van der Waals surface area contributed by atoms with E-state index in [1.54, 1.807) is 30.5 Å². The molecule has 2 amide bonds. The fourth-order valence-electron chi connectivity index (χ4n) is 7.28. The van der Waals surface area contributed by atoms with Gasteiger partial charge in [0, 0.05) is 46.8 Å². The average molecular weight is 698 g/mol. The van der Waals surface area contributed by atoms with Crippen molar-refractivity contribution in [3.63, 3.8) is 0 Å². The molecule has 0 bridgehead atoms. The minimum absolute atomic E-state index is 0.0412. The van der Waals surface area contributed by atoms with Crippen LogP contribution in [0.3, 0.4) is 0 Å². The van der Waals surface area contributed by atoms with Gasteiger partial charge in [-0.05, 0) is 48.1 Å². The smallest absolute Gasteiger partial charge is 0.274 e. The molecule has 15 heteroatoms. The summed E-state index contributed by atoms with van der Waals surface area (Å²) in [5, 5.41) is 45.2. The number of amides is 2. The second-order valence-electron chi connectivity index (χ2n) is 12.3. The number of rotatable bonds is 5. The number of hydrogen-bond donors (Lipinski definition) is 7. The van der Waals surface area contributed by atoms with E-state index in [2.05, 4.69) is 15.0 Å². The Morgan fingerprint density at radius 1 is 0.820 bits per heavy atom. The zero-order valence-corrected chi connectivity index (χ0v) is 27.8. The standard InChI is InChI=1S/C35H31N5O9S/c1-48-27-11-20-14(7-25(27)42)6-21(36-20)34(46)40-13-15(41)8-17-19-9-22(37-28(19)26(43)12-24(17)40)33(45)39-5-4-16-18-10-23(35(47)50-3)38-29(18)32(49-2)31(44)30(16)39/h6-7,9-12,15,36-38,41-44H,4-5,8,13H2,1-3H3/t15-/m0/s1. The molecule has 0 saturated carbocycles. The number of aromatic nitrogens is 3. The van der Waals surface area contributed by atoms with E-state index in [9.17, 15) is 34.8 Å². The third kappa shape index (κ3) is 4.57. The van der Waals surface area contributed by atoms with E-state index in [4.69, 9.17) is 9.47 Å². The van der Waals surface area contributed by atoms with Crippen molar-refractivity contribution < 1.29 is 44.3 Å². The summed E-state index contributed by atoms with van der Waals surface area (Å²) in [6, 6.07) is 9.35. The van der Waals surface area contributed by atoms with Crippen LogP contribution in [0.4, 0.5) is 11.4 Å². The third-order valence-corrected chi connectivity index (χ3v) is 10.1. The summed E-state index contributed by atoms with van der Waals surface area (Å²) in [4.78, 5) is 52.4. The van der Waals surface area contributed by atoms with E-state index >= 15 is 0 Å². The predicted molar refractivity (Wildman–Crippen MR) is 188 cm³/mol. The third-order valence-electron chi connectivity index (χ3n) is 9.54. The summed E-state index contributed by atoms with van der Waals surface area (Å²) in [7, 11) is 2.82. The number of hydrogen-bond acceptors (Lipinski definition) is 10. The molecule has 6 aromatic rings. The number of ether oxygens (including phenoxy) is 2. The minimum Gasteiger partial charge on any atom is -0.506 e. The molecule has 8 rings (SSSR count). The van der Waals surface area contributed by atoms with Gasteiger partial charge in [0.1, 0.15) is 17.1 Å². The maximum Gasteiger partial charge on any atom is 0.274 e. The van der Waals surface area contributed by atoms with Crippen LogP contribution in [-0.4, -0.2) is 92.0 Å². The van der Waals surface area contributed by atoms with E-state index in [0.717, 1.165) is 11.8 Å². The van der Waals surface area contributed by atoms with Gasteiger partial charge in [-0.1, -0.05) is 11.8 Å². The first kappa shape index (κ1) is 31.5. The first-order valence-electron chi connectivity index (χ1n) is 15.6. The molecule has 2 aliphatic heterocycles.